The molecule has 2 rings (SSSR count). The molecule has 1 fully saturated rings. The first-order chi connectivity index (χ1) is 16.9. The van der Waals surface area contributed by atoms with Gasteiger partial charge >= 0.3 is 0 Å². The van der Waals surface area contributed by atoms with Crippen LogP contribution in [-0.4, -0.2) is 83.8 Å². The van der Waals surface area contributed by atoms with Crippen molar-refractivity contribution in [1.29, 1.82) is 0 Å². The fourth-order valence-electron chi connectivity index (χ4n) is 4.01. The number of halogens is 2. The van der Waals surface area contributed by atoms with Crippen LogP contribution >= 0.6 is 0 Å². The molecule has 1 heterocycles. The summed E-state index contributed by atoms with van der Waals surface area (Å²) in [5, 5.41) is 54.9. The molecule has 204 valence electrons. The van der Waals surface area contributed by atoms with Crippen molar-refractivity contribution in [2.24, 2.45) is 0 Å². The number of Topliss-reactive ketones (excluding diaryl/α,β-unsaturated/α-hetero) is 4. The van der Waals surface area contributed by atoms with Crippen LogP contribution in [0.5, 0.6) is 5.75 Å². The molecule has 0 saturated carbocycles. The summed E-state index contributed by atoms with van der Waals surface area (Å²) in [6.45, 7) is 2.49. The quantitative estimate of drug-likeness (QED) is 0.168. The molecule has 0 radical (unpaired) electrons. The van der Waals surface area contributed by atoms with E-state index in [-0.39, 0.29) is 0 Å². The van der Waals surface area contributed by atoms with Gasteiger partial charge in [0.2, 0.25) is 17.5 Å². The molecule has 1 aromatic carbocycles. The van der Waals surface area contributed by atoms with Gasteiger partial charge in [0.25, 0.3) is 12.1 Å². The summed E-state index contributed by atoms with van der Waals surface area (Å²) in [6.07, 6.45) is -11.1. The highest BCUT2D eigenvalue weighted by Gasteiger charge is 2.80. The van der Waals surface area contributed by atoms with Crippen LogP contribution in [-0.2, 0) is 28.8 Å². The van der Waals surface area contributed by atoms with Gasteiger partial charge in [0.1, 0.15) is 12.2 Å². The Labute approximate surface area is 206 Å². The Hall–Kier alpha value is -3.28. The van der Waals surface area contributed by atoms with E-state index in [2.05, 4.69) is 0 Å². The first kappa shape index (κ1) is 29.9. The molecule has 6 atom stereocenters. The van der Waals surface area contributed by atoms with E-state index in [9.17, 15) is 58.5 Å². The van der Waals surface area contributed by atoms with Crippen LogP contribution in [0.2, 0.25) is 0 Å². The van der Waals surface area contributed by atoms with Crippen molar-refractivity contribution in [2.45, 2.75) is 69.4 Å². The third-order valence-corrected chi connectivity index (χ3v) is 6.08. The fraction of sp³-hybridized carbons (Fsp3) is 0.524. The van der Waals surface area contributed by atoms with Crippen LogP contribution in [0.3, 0.4) is 0 Å². The van der Waals surface area contributed by atoms with Crippen LogP contribution in [0.15, 0.2) is 18.2 Å². The lowest BCUT2D eigenvalue weighted by Crippen LogP contribution is -2.87. The van der Waals surface area contributed by atoms with Crippen molar-refractivity contribution in [2.75, 3.05) is 0 Å². The Morgan fingerprint density at radius 2 is 1.57 bits per heavy atom. The first-order valence-electron chi connectivity index (χ1n) is 10.3. The molecule has 37 heavy (non-hydrogen) atoms. The number of benzene rings is 1. The number of carbonyl (C=O) groups excluding carboxylic acids is 4. The van der Waals surface area contributed by atoms with Gasteiger partial charge in [0.05, 0.1) is 10.5 Å². The predicted octanol–water partition coefficient (Wildman–Crippen LogP) is -0.522. The number of aliphatic hydroxyl groups excluding tert-OH is 1. The number of hydrogen-bond acceptors (Lipinski definition) is 13. The van der Waals surface area contributed by atoms with E-state index in [1.54, 1.807) is 0 Å². The van der Waals surface area contributed by atoms with Crippen molar-refractivity contribution >= 4 is 28.8 Å². The van der Waals surface area contributed by atoms with Crippen LogP contribution < -0.4 is 4.89 Å². The topological polar surface area (TPSA) is 220 Å². The highest BCUT2D eigenvalue weighted by Crippen LogP contribution is 2.48. The van der Waals surface area contributed by atoms with E-state index in [0.717, 1.165) is 13.0 Å². The predicted molar refractivity (Wildman–Crippen MR) is 112 cm³/mol. The van der Waals surface area contributed by atoms with E-state index in [1.807, 2.05) is 0 Å². The molecule has 1 aliphatic heterocycles. The molecule has 1 unspecified atom stereocenters. The van der Waals surface area contributed by atoms with Crippen molar-refractivity contribution < 1.29 is 67.8 Å². The second-order valence-corrected chi connectivity index (χ2v) is 8.32. The molecule has 1 aliphatic rings. The minimum Gasteiger partial charge on any atom is -0.382 e. The van der Waals surface area contributed by atoms with Gasteiger partial charge in [-0.05, 0) is 33.8 Å². The van der Waals surface area contributed by atoms with Gasteiger partial charge in [0, 0.05) is 12.1 Å². The average Bonchev–Trinajstić information content (AvgIpc) is 2.80. The Morgan fingerprint density at radius 3 is 1.97 bits per heavy atom. The Kier molecular flexibility index (Phi) is 8.28. The molecule has 1 saturated heterocycles. The molecule has 0 spiro atoms. The summed E-state index contributed by atoms with van der Waals surface area (Å²) < 4.78 is 32.1. The normalized spacial score (nSPS) is 30.5. The largest absolute Gasteiger partial charge is 0.382 e. The monoisotopic (exact) mass is 535 g/mol. The highest BCUT2D eigenvalue weighted by molar-refractivity contribution is 6.05. The second kappa shape index (κ2) is 10.2. The minimum atomic E-state index is -3.84. The average molecular weight is 535 g/mol. The lowest BCUT2D eigenvalue weighted by molar-refractivity contribution is -0.428. The van der Waals surface area contributed by atoms with Crippen molar-refractivity contribution in [3.05, 3.63) is 33.9 Å². The number of aliphatic hydroxyl groups is 4. The zero-order chi connectivity index (χ0) is 28.7. The third-order valence-electron chi connectivity index (χ3n) is 6.08. The van der Waals surface area contributed by atoms with Crippen molar-refractivity contribution in [1.82, 2.24) is 0 Å². The van der Waals surface area contributed by atoms with Crippen molar-refractivity contribution in [3.63, 3.8) is 0 Å². The van der Waals surface area contributed by atoms with Gasteiger partial charge in [-0.2, -0.15) is 4.89 Å². The molecular formula is C21H23F2NO13. The number of nitrogens with zero attached hydrogens (tertiary/aromatic N) is 1. The molecule has 4 N–H and O–H groups in total. The van der Waals surface area contributed by atoms with Crippen LogP contribution in [0.1, 0.15) is 39.7 Å². The molecule has 1 aromatic rings. The molecule has 0 aliphatic carbocycles. The number of rotatable bonds is 10. The number of carbonyl (C=O) groups is 4. The number of alkyl halides is 2. The summed E-state index contributed by atoms with van der Waals surface area (Å²) >= 11 is 0. The maximum Gasteiger partial charge on any atom is 0.270 e. The number of nitro benzene ring substituents is 1. The van der Waals surface area contributed by atoms with Gasteiger partial charge in [-0.1, -0.05) is 0 Å². The summed E-state index contributed by atoms with van der Waals surface area (Å²) in [5.74, 6) is -6.78. The van der Waals surface area contributed by atoms with Crippen molar-refractivity contribution in [3.8, 4) is 5.75 Å². The van der Waals surface area contributed by atoms with E-state index in [0.29, 0.717) is 32.9 Å². The van der Waals surface area contributed by atoms with Crippen LogP contribution in [0.25, 0.3) is 0 Å². The lowest BCUT2D eigenvalue weighted by atomic mass is 9.60. The zero-order valence-electron chi connectivity index (χ0n) is 19.7. The third kappa shape index (κ3) is 4.51. The number of ether oxygens (including phenoxy) is 1. The maximum absolute atomic E-state index is 13.5. The number of ketones is 4. The molecule has 0 amide bonds. The minimum absolute atomic E-state index is 0.422. The summed E-state index contributed by atoms with van der Waals surface area (Å²) in [4.78, 5) is 68.9. The van der Waals surface area contributed by atoms with Crippen LogP contribution in [0, 0.1) is 10.1 Å². The molecular weight excluding hydrogens is 512 g/mol. The van der Waals surface area contributed by atoms with E-state index >= 15 is 0 Å². The van der Waals surface area contributed by atoms with Gasteiger partial charge in [-0.15, -0.1) is 0 Å². The van der Waals surface area contributed by atoms with Gasteiger partial charge in [-0.3, -0.25) is 29.3 Å². The Morgan fingerprint density at radius 1 is 1.03 bits per heavy atom. The van der Waals surface area contributed by atoms with Gasteiger partial charge < -0.3 is 30.1 Å². The fourth-order valence-corrected chi connectivity index (χ4v) is 4.01. The second-order valence-electron chi connectivity index (χ2n) is 8.32. The molecule has 0 aromatic heterocycles. The maximum atomic E-state index is 13.5. The standard InChI is InChI=1S/C21H23F2NO13/c1-8(25)15(29)16-19(30,9(2)26)21(32,11(4)28)20(31,10(3)27)18(35-16)37-36-14-6-5-12(24(33)34)7-13(14)17(22)23/h5-7,15-18,29-32H,1-4H3/t15?,16-,18+,19+,20+,21+/m1/s1. The van der Waals surface area contributed by atoms with E-state index < -0.39 is 86.8 Å². The molecule has 14 nitrogen and oxygen atoms in total. The van der Waals surface area contributed by atoms with Gasteiger partial charge in [-0.25, -0.2) is 8.78 Å². The van der Waals surface area contributed by atoms with Crippen LogP contribution in [0.4, 0.5) is 14.5 Å². The van der Waals surface area contributed by atoms with Gasteiger partial charge in [0.15, 0.2) is 34.5 Å². The number of non-ortho nitro benzene ring substituents is 1. The zero-order valence-corrected chi connectivity index (χ0v) is 19.7. The first-order valence-corrected chi connectivity index (χ1v) is 10.3. The summed E-state index contributed by atoms with van der Waals surface area (Å²) in [6, 6.07) is 1.80. The summed E-state index contributed by atoms with van der Waals surface area (Å²) in [5.41, 5.74) is -13.0. The summed E-state index contributed by atoms with van der Waals surface area (Å²) in [7, 11) is 0. The Balaban J connectivity index is 2.71. The van der Waals surface area contributed by atoms with E-state index in [4.69, 9.17) is 14.5 Å². The Bertz CT molecular complexity index is 1140. The smallest absolute Gasteiger partial charge is 0.270 e. The molecule has 16 heteroatoms. The number of nitro groups is 1. The molecule has 0 bridgehead atoms. The SMILES string of the molecule is CC(=O)C(O)[C@H]1O[C@@H](OOc2ccc([N+](=O)[O-])cc2C(F)F)[C@@](O)(C(C)=O)[C@](O)(C(C)=O)[C@]1(O)C(C)=O. The lowest BCUT2D eigenvalue weighted by Gasteiger charge is -2.57. The number of hydrogen-bond donors (Lipinski definition) is 4. The highest BCUT2D eigenvalue weighted by atomic mass is 19.3. The van der Waals surface area contributed by atoms with E-state index in [1.165, 1.54) is 0 Å².